The van der Waals surface area contributed by atoms with Crippen LogP contribution in [0.25, 0.3) is 0 Å². The minimum Gasteiger partial charge on any atom is -0.353 e. The second kappa shape index (κ2) is 8.77. The molecule has 2 rings (SSSR count). The first-order valence-electron chi connectivity index (χ1n) is 9.28. The molecule has 0 aromatic rings. The third kappa shape index (κ3) is 5.61. The number of amides is 1. The Morgan fingerprint density at radius 3 is 2.67 bits per heavy atom. The molecule has 1 saturated carbocycles. The summed E-state index contributed by atoms with van der Waals surface area (Å²) in [5.41, 5.74) is 0.343. The van der Waals surface area contributed by atoms with E-state index in [2.05, 4.69) is 17.6 Å². The molecule has 0 aromatic heterocycles. The van der Waals surface area contributed by atoms with Crippen LogP contribution in [0.1, 0.15) is 90.4 Å². The normalized spacial score (nSPS) is 24.9. The Kier molecular flexibility index (Phi) is 7.01. The van der Waals surface area contributed by atoms with Gasteiger partial charge in [-0.1, -0.05) is 51.9 Å². The first-order valence-corrected chi connectivity index (χ1v) is 9.28. The van der Waals surface area contributed by atoms with E-state index in [1.807, 2.05) is 0 Å². The standard InChI is InChI=1S/C18H34N2O/c1-2-3-4-5-7-10-17(21)20-16-11-14-19-18(15-16)12-8-6-9-13-18/h16,19H,2-15H2,1H3,(H,20,21). The molecule has 122 valence electrons. The Morgan fingerprint density at radius 1 is 1.14 bits per heavy atom. The van der Waals surface area contributed by atoms with Crippen molar-refractivity contribution >= 4 is 5.91 Å². The molecule has 1 aliphatic carbocycles. The zero-order valence-electron chi connectivity index (χ0n) is 13.9. The highest BCUT2D eigenvalue weighted by atomic mass is 16.1. The van der Waals surface area contributed by atoms with Crippen molar-refractivity contribution in [3.05, 3.63) is 0 Å². The lowest BCUT2D eigenvalue weighted by Crippen LogP contribution is -2.57. The van der Waals surface area contributed by atoms with Gasteiger partial charge in [-0.15, -0.1) is 0 Å². The van der Waals surface area contributed by atoms with Gasteiger partial charge in [0.2, 0.25) is 5.91 Å². The summed E-state index contributed by atoms with van der Waals surface area (Å²) in [6, 6.07) is 0.410. The minimum absolute atomic E-state index is 0.282. The quantitative estimate of drug-likeness (QED) is 0.699. The highest BCUT2D eigenvalue weighted by molar-refractivity contribution is 5.76. The molecule has 3 heteroatoms. The highest BCUT2D eigenvalue weighted by Crippen LogP contribution is 2.34. The summed E-state index contributed by atoms with van der Waals surface area (Å²) in [6.45, 7) is 3.30. The first kappa shape index (κ1) is 16.8. The van der Waals surface area contributed by atoms with Crippen LogP contribution in [-0.2, 0) is 4.79 Å². The zero-order chi connectivity index (χ0) is 15.0. The molecule has 0 radical (unpaired) electrons. The lowest BCUT2D eigenvalue weighted by Gasteiger charge is -2.44. The van der Waals surface area contributed by atoms with Gasteiger partial charge in [-0.3, -0.25) is 4.79 Å². The second-order valence-corrected chi connectivity index (χ2v) is 7.19. The number of nitrogens with one attached hydrogen (secondary N) is 2. The molecule has 2 N–H and O–H groups in total. The van der Waals surface area contributed by atoms with Gasteiger partial charge in [0, 0.05) is 18.0 Å². The van der Waals surface area contributed by atoms with Gasteiger partial charge < -0.3 is 10.6 Å². The van der Waals surface area contributed by atoms with E-state index in [0.717, 1.165) is 32.2 Å². The number of piperidine rings is 1. The lowest BCUT2D eigenvalue weighted by molar-refractivity contribution is -0.122. The van der Waals surface area contributed by atoms with Crippen LogP contribution in [0.15, 0.2) is 0 Å². The maximum absolute atomic E-state index is 12.1. The molecule has 3 nitrogen and oxygen atoms in total. The molecular formula is C18H34N2O. The van der Waals surface area contributed by atoms with Gasteiger partial charge in [0.15, 0.2) is 0 Å². The van der Waals surface area contributed by atoms with E-state index in [-0.39, 0.29) is 5.91 Å². The predicted octanol–water partition coefficient (Wildman–Crippen LogP) is 3.92. The predicted molar refractivity (Wildman–Crippen MR) is 88.4 cm³/mol. The molecule has 1 unspecified atom stereocenters. The van der Waals surface area contributed by atoms with Crippen molar-refractivity contribution in [1.82, 2.24) is 10.6 Å². The number of rotatable bonds is 7. The number of hydrogen-bond acceptors (Lipinski definition) is 2. The smallest absolute Gasteiger partial charge is 0.220 e. The van der Waals surface area contributed by atoms with E-state index in [1.165, 1.54) is 57.8 Å². The minimum atomic E-state index is 0.282. The van der Waals surface area contributed by atoms with Gasteiger partial charge in [-0.05, 0) is 38.6 Å². The van der Waals surface area contributed by atoms with Gasteiger partial charge in [0.25, 0.3) is 0 Å². The van der Waals surface area contributed by atoms with Crippen LogP contribution in [0.5, 0.6) is 0 Å². The van der Waals surface area contributed by atoms with Gasteiger partial charge >= 0.3 is 0 Å². The van der Waals surface area contributed by atoms with E-state index in [4.69, 9.17) is 0 Å². The third-order valence-electron chi connectivity index (χ3n) is 5.31. The molecule has 1 amide bonds. The highest BCUT2D eigenvalue weighted by Gasteiger charge is 2.37. The van der Waals surface area contributed by atoms with Gasteiger partial charge in [-0.2, -0.15) is 0 Å². The summed E-state index contributed by atoms with van der Waals surface area (Å²) >= 11 is 0. The molecule has 0 aromatic carbocycles. The van der Waals surface area contributed by atoms with Crippen molar-refractivity contribution in [2.75, 3.05) is 6.54 Å². The summed E-state index contributed by atoms with van der Waals surface area (Å²) in [4.78, 5) is 12.1. The summed E-state index contributed by atoms with van der Waals surface area (Å²) in [5.74, 6) is 0.282. The van der Waals surface area contributed by atoms with Crippen molar-refractivity contribution in [2.24, 2.45) is 0 Å². The molecule has 1 heterocycles. The summed E-state index contributed by atoms with van der Waals surface area (Å²) in [6.07, 6.45) is 15.8. The first-order chi connectivity index (χ1) is 10.2. The van der Waals surface area contributed by atoms with E-state index >= 15 is 0 Å². The van der Waals surface area contributed by atoms with E-state index < -0.39 is 0 Å². The van der Waals surface area contributed by atoms with Crippen LogP contribution in [0.3, 0.4) is 0 Å². The largest absolute Gasteiger partial charge is 0.353 e. The number of carbonyl (C=O) groups excluding carboxylic acids is 1. The third-order valence-corrected chi connectivity index (χ3v) is 5.31. The fraction of sp³-hybridized carbons (Fsp3) is 0.944. The molecule has 0 bridgehead atoms. The fourth-order valence-electron chi connectivity index (χ4n) is 4.08. The van der Waals surface area contributed by atoms with Crippen LogP contribution in [0, 0.1) is 0 Å². The van der Waals surface area contributed by atoms with E-state index in [0.29, 0.717) is 11.6 Å². The summed E-state index contributed by atoms with van der Waals surface area (Å²) in [5, 5.41) is 7.06. The van der Waals surface area contributed by atoms with Crippen molar-refractivity contribution in [3.8, 4) is 0 Å². The van der Waals surface area contributed by atoms with Crippen LogP contribution < -0.4 is 10.6 Å². The Bertz CT molecular complexity index is 305. The van der Waals surface area contributed by atoms with Crippen LogP contribution in [-0.4, -0.2) is 24.0 Å². The van der Waals surface area contributed by atoms with Gasteiger partial charge in [-0.25, -0.2) is 0 Å². The second-order valence-electron chi connectivity index (χ2n) is 7.19. The topological polar surface area (TPSA) is 41.1 Å². The number of unbranched alkanes of at least 4 members (excludes halogenated alkanes) is 4. The molecule has 2 aliphatic rings. The van der Waals surface area contributed by atoms with E-state index in [9.17, 15) is 4.79 Å². The molecule has 1 atom stereocenters. The lowest BCUT2D eigenvalue weighted by atomic mass is 9.75. The maximum atomic E-state index is 12.1. The summed E-state index contributed by atoms with van der Waals surface area (Å²) in [7, 11) is 0. The number of carbonyl (C=O) groups is 1. The van der Waals surface area contributed by atoms with Gasteiger partial charge in [0.1, 0.15) is 0 Å². The Balaban J connectivity index is 1.66. The monoisotopic (exact) mass is 294 g/mol. The average molecular weight is 294 g/mol. The van der Waals surface area contributed by atoms with Crippen molar-refractivity contribution in [3.63, 3.8) is 0 Å². The van der Waals surface area contributed by atoms with E-state index in [1.54, 1.807) is 0 Å². The Morgan fingerprint density at radius 2 is 1.90 bits per heavy atom. The number of hydrogen-bond donors (Lipinski definition) is 2. The molecular weight excluding hydrogens is 260 g/mol. The summed E-state index contributed by atoms with van der Waals surface area (Å²) < 4.78 is 0. The average Bonchev–Trinajstić information content (AvgIpc) is 2.48. The Hall–Kier alpha value is -0.570. The maximum Gasteiger partial charge on any atom is 0.220 e. The fourth-order valence-corrected chi connectivity index (χ4v) is 4.08. The van der Waals surface area contributed by atoms with Crippen LogP contribution in [0.2, 0.25) is 0 Å². The van der Waals surface area contributed by atoms with Crippen LogP contribution in [0.4, 0.5) is 0 Å². The molecule has 1 spiro atoms. The SMILES string of the molecule is CCCCCCCC(=O)NC1CCNC2(CCCCC2)C1. The molecule has 21 heavy (non-hydrogen) atoms. The van der Waals surface area contributed by atoms with Crippen molar-refractivity contribution in [1.29, 1.82) is 0 Å². The van der Waals surface area contributed by atoms with Gasteiger partial charge in [0.05, 0.1) is 0 Å². The Labute approximate surface area is 130 Å². The zero-order valence-corrected chi connectivity index (χ0v) is 13.9. The van der Waals surface area contributed by atoms with Crippen molar-refractivity contribution < 1.29 is 4.79 Å². The van der Waals surface area contributed by atoms with Crippen LogP contribution >= 0.6 is 0 Å². The molecule has 2 fully saturated rings. The van der Waals surface area contributed by atoms with Crippen molar-refractivity contribution in [2.45, 2.75) is 102 Å². The molecule has 1 aliphatic heterocycles. The molecule has 1 saturated heterocycles.